The van der Waals surface area contributed by atoms with Crippen LogP contribution in [0.15, 0.2) is 30.5 Å². The monoisotopic (exact) mass is 391 g/mol. The van der Waals surface area contributed by atoms with Gasteiger partial charge in [0.25, 0.3) is 0 Å². The van der Waals surface area contributed by atoms with Crippen molar-refractivity contribution < 1.29 is 26.7 Å². The van der Waals surface area contributed by atoms with Gasteiger partial charge in [0.05, 0.1) is 12.7 Å². The molecule has 0 aliphatic rings. The molecule has 2 N–H and O–H groups in total. The molecule has 0 fully saturated rings. The van der Waals surface area contributed by atoms with Gasteiger partial charge >= 0.3 is 6.18 Å². The average molecular weight is 391 g/mol. The molecule has 2 aromatic rings. The summed E-state index contributed by atoms with van der Waals surface area (Å²) in [5.74, 6) is -2.16. The second-order valence-electron chi connectivity index (χ2n) is 5.07. The molecule has 0 radical (unpaired) electrons. The van der Waals surface area contributed by atoms with Gasteiger partial charge in [0, 0.05) is 18.3 Å². The van der Waals surface area contributed by atoms with Gasteiger partial charge in [-0.2, -0.15) is 13.2 Å². The summed E-state index contributed by atoms with van der Waals surface area (Å²) in [6.45, 7) is -0.0129. The Hall–Kier alpha value is -2.49. The van der Waals surface area contributed by atoms with Crippen LogP contribution in [0.2, 0.25) is 0 Å². The van der Waals surface area contributed by atoms with Crippen molar-refractivity contribution in [3.8, 4) is 5.75 Å². The molecule has 1 aromatic carbocycles. The summed E-state index contributed by atoms with van der Waals surface area (Å²) in [5.41, 5.74) is -1.19. The summed E-state index contributed by atoms with van der Waals surface area (Å²) < 4.78 is 71.2. The Morgan fingerprint density at radius 1 is 1.23 bits per heavy atom. The molecule has 0 atom stereocenters. The molecule has 0 aliphatic heterocycles. The number of alkyl halides is 3. The number of anilines is 1. The van der Waals surface area contributed by atoms with Crippen LogP contribution < -0.4 is 15.4 Å². The summed E-state index contributed by atoms with van der Waals surface area (Å²) in [4.78, 5) is 3.61. The van der Waals surface area contributed by atoms with Crippen molar-refractivity contribution in [1.29, 1.82) is 0 Å². The first kappa shape index (κ1) is 19.8. The molecule has 0 saturated heterocycles. The molecule has 0 amide bonds. The Balaban J connectivity index is 1.99. The molecular formula is C16H14F5N3OS. The lowest BCUT2D eigenvalue weighted by Gasteiger charge is -2.15. The van der Waals surface area contributed by atoms with E-state index in [-0.39, 0.29) is 29.4 Å². The van der Waals surface area contributed by atoms with Crippen LogP contribution in [0.25, 0.3) is 0 Å². The van der Waals surface area contributed by atoms with Gasteiger partial charge in [0.2, 0.25) is 0 Å². The molecule has 0 saturated carbocycles. The van der Waals surface area contributed by atoms with E-state index < -0.39 is 29.2 Å². The third kappa shape index (κ3) is 4.78. The standard InChI is InChI=1S/C16H14F5N3OS/c1-25-12-5-4-11(17)9(13(12)18)6-8-23-15(26)24-14-10(16(19,20)21)3-2-7-22-14/h2-5,7H,6,8H2,1H3,(H2,22,23,24,26). The summed E-state index contributed by atoms with van der Waals surface area (Å²) in [5, 5.41) is 4.77. The van der Waals surface area contributed by atoms with Crippen molar-refractivity contribution in [3.05, 3.63) is 53.2 Å². The van der Waals surface area contributed by atoms with Crippen LogP contribution in [-0.2, 0) is 12.6 Å². The first-order valence-electron chi connectivity index (χ1n) is 7.32. The van der Waals surface area contributed by atoms with Crippen molar-refractivity contribution in [2.24, 2.45) is 0 Å². The highest BCUT2D eigenvalue weighted by molar-refractivity contribution is 7.80. The predicted octanol–water partition coefficient (Wildman–Crippen LogP) is 3.92. The van der Waals surface area contributed by atoms with Gasteiger partial charge in [0.1, 0.15) is 11.6 Å². The number of nitrogens with zero attached hydrogens (tertiary/aromatic N) is 1. The quantitative estimate of drug-likeness (QED) is 0.598. The number of nitrogens with one attached hydrogen (secondary N) is 2. The zero-order valence-electron chi connectivity index (χ0n) is 13.5. The highest BCUT2D eigenvalue weighted by Crippen LogP contribution is 2.33. The number of thiocarbonyl (C=S) groups is 1. The number of ether oxygens (including phenoxy) is 1. The van der Waals surface area contributed by atoms with E-state index in [0.29, 0.717) is 0 Å². The largest absolute Gasteiger partial charge is 0.494 e. The zero-order valence-corrected chi connectivity index (χ0v) is 14.3. The summed E-state index contributed by atoms with van der Waals surface area (Å²) in [7, 11) is 1.25. The Kier molecular flexibility index (Phi) is 6.30. The Morgan fingerprint density at radius 3 is 2.62 bits per heavy atom. The highest BCUT2D eigenvalue weighted by Gasteiger charge is 2.34. The Bertz CT molecular complexity index is 798. The molecule has 1 aromatic heterocycles. The van der Waals surface area contributed by atoms with Gasteiger partial charge in [0.15, 0.2) is 16.7 Å². The molecular weight excluding hydrogens is 377 g/mol. The van der Waals surface area contributed by atoms with Gasteiger partial charge in [-0.15, -0.1) is 0 Å². The second-order valence-corrected chi connectivity index (χ2v) is 5.48. The minimum atomic E-state index is -4.60. The number of rotatable bonds is 5. The Labute approximate surface area is 151 Å². The Morgan fingerprint density at radius 2 is 1.96 bits per heavy atom. The van der Waals surface area contributed by atoms with Crippen LogP contribution in [0.4, 0.5) is 27.8 Å². The maximum Gasteiger partial charge on any atom is 0.419 e. The molecule has 140 valence electrons. The minimum absolute atomic E-state index is 0.0129. The first-order chi connectivity index (χ1) is 12.2. The SMILES string of the molecule is COc1ccc(F)c(CCNC(=S)Nc2ncccc2C(F)(F)F)c1F. The number of hydrogen-bond acceptors (Lipinski definition) is 3. The topological polar surface area (TPSA) is 46.2 Å². The molecule has 0 unspecified atom stereocenters. The van der Waals surface area contributed by atoms with Crippen molar-refractivity contribution in [1.82, 2.24) is 10.3 Å². The number of hydrogen-bond donors (Lipinski definition) is 2. The van der Waals surface area contributed by atoms with Gasteiger partial charge in [-0.1, -0.05) is 0 Å². The predicted molar refractivity (Wildman–Crippen MR) is 90.1 cm³/mol. The molecule has 1 heterocycles. The van der Waals surface area contributed by atoms with E-state index >= 15 is 0 Å². The maximum atomic E-state index is 14.0. The van der Waals surface area contributed by atoms with E-state index in [1.165, 1.54) is 13.3 Å². The number of halogens is 5. The lowest BCUT2D eigenvalue weighted by atomic mass is 10.1. The van der Waals surface area contributed by atoms with E-state index in [2.05, 4.69) is 15.6 Å². The third-order valence-electron chi connectivity index (χ3n) is 3.38. The van der Waals surface area contributed by atoms with Crippen LogP contribution in [0.5, 0.6) is 5.75 Å². The number of aromatic nitrogens is 1. The number of pyridine rings is 1. The fraction of sp³-hybridized carbons (Fsp3) is 0.250. The molecule has 2 rings (SSSR count). The molecule has 4 nitrogen and oxygen atoms in total. The minimum Gasteiger partial charge on any atom is -0.494 e. The lowest BCUT2D eigenvalue weighted by molar-refractivity contribution is -0.137. The molecule has 26 heavy (non-hydrogen) atoms. The molecule has 0 spiro atoms. The van der Waals surface area contributed by atoms with Crippen LogP contribution in [0.1, 0.15) is 11.1 Å². The molecule has 0 aliphatic carbocycles. The van der Waals surface area contributed by atoms with Crippen molar-refractivity contribution in [3.63, 3.8) is 0 Å². The van der Waals surface area contributed by atoms with E-state index in [9.17, 15) is 22.0 Å². The van der Waals surface area contributed by atoms with E-state index in [1.807, 2.05) is 0 Å². The zero-order chi connectivity index (χ0) is 19.3. The summed E-state index contributed by atoms with van der Waals surface area (Å²) in [6.07, 6.45) is -3.51. The lowest BCUT2D eigenvalue weighted by Crippen LogP contribution is -2.31. The fourth-order valence-electron chi connectivity index (χ4n) is 2.15. The normalized spacial score (nSPS) is 11.2. The van der Waals surface area contributed by atoms with Crippen LogP contribution >= 0.6 is 12.2 Å². The number of methoxy groups -OCH3 is 1. The van der Waals surface area contributed by atoms with Crippen LogP contribution in [0.3, 0.4) is 0 Å². The second kappa shape index (κ2) is 8.26. The van der Waals surface area contributed by atoms with E-state index in [4.69, 9.17) is 17.0 Å². The van der Waals surface area contributed by atoms with Gasteiger partial charge in [-0.3, -0.25) is 0 Å². The van der Waals surface area contributed by atoms with E-state index in [0.717, 1.165) is 24.3 Å². The van der Waals surface area contributed by atoms with Crippen LogP contribution in [-0.4, -0.2) is 23.8 Å². The maximum absolute atomic E-state index is 14.0. The molecule has 10 heteroatoms. The third-order valence-corrected chi connectivity index (χ3v) is 3.62. The fourth-order valence-corrected chi connectivity index (χ4v) is 2.35. The van der Waals surface area contributed by atoms with Crippen LogP contribution in [0, 0.1) is 11.6 Å². The smallest absolute Gasteiger partial charge is 0.419 e. The number of benzene rings is 1. The first-order valence-corrected chi connectivity index (χ1v) is 7.72. The molecule has 0 bridgehead atoms. The van der Waals surface area contributed by atoms with Crippen molar-refractivity contribution in [2.75, 3.05) is 19.0 Å². The average Bonchev–Trinajstić information content (AvgIpc) is 2.57. The van der Waals surface area contributed by atoms with Gasteiger partial charge in [-0.05, 0) is 42.9 Å². The van der Waals surface area contributed by atoms with Gasteiger partial charge < -0.3 is 15.4 Å². The summed E-state index contributed by atoms with van der Waals surface area (Å²) in [6, 6.07) is 4.24. The highest BCUT2D eigenvalue weighted by atomic mass is 32.1. The summed E-state index contributed by atoms with van der Waals surface area (Å²) >= 11 is 4.91. The van der Waals surface area contributed by atoms with Crippen molar-refractivity contribution >= 4 is 23.1 Å². The van der Waals surface area contributed by atoms with Gasteiger partial charge in [-0.25, -0.2) is 13.8 Å². The van der Waals surface area contributed by atoms with E-state index in [1.54, 1.807) is 0 Å². The van der Waals surface area contributed by atoms with Crippen molar-refractivity contribution in [2.45, 2.75) is 12.6 Å².